The van der Waals surface area contributed by atoms with Crippen LogP contribution < -0.4 is 0 Å². The molecule has 2 aliphatic heterocycles. The maximum atomic E-state index is 12.8. The van der Waals surface area contributed by atoms with E-state index in [1.807, 2.05) is 29.2 Å². The highest BCUT2D eigenvalue weighted by molar-refractivity contribution is 5.94. The van der Waals surface area contributed by atoms with E-state index in [0.29, 0.717) is 12.6 Å². The molecule has 3 heterocycles. The Kier molecular flexibility index (Phi) is 4.50. The van der Waals surface area contributed by atoms with Gasteiger partial charge in [0.2, 0.25) is 0 Å². The summed E-state index contributed by atoms with van der Waals surface area (Å²) in [5.74, 6) is 0.0858. The third-order valence-electron chi connectivity index (χ3n) is 5.15. The van der Waals surface area contributed by atoms with Crippen LogP contribution in [0.3, 0.4) is 0 Å². The van der Waals surface area contributed by atoms with Crippen molar-refractivity contribution in [2.24, 2.45) is 0 Å². The Balaban J connectivity index is 1.41. The number of amides is 1. The van der Waals surface area contributed by atoms with Gasteiger partial charge in [-0.15, -0.1) is 0 Å². The summed E-state index contributed by atoms with van der Waals surface area (Å²) in [5, 5.41) is 13.8. The van der Waals surface area contributed by atoms with Crippen LogP contribution in [0.15, 0.2) is 36.9 Å². The van der Waals surface area contributed by atoms with Gasteiger partial charge in [0.25, 0.3) is 5.91 Å². The van der Waals surface area contributed by atoms with Crippen molar-refractivity contribution in [2.45, 2.75) is 31.5 Å². The van der Waals surface area contributed by atoms with Crippen molar-refractivity contribution in [1.29, 1.82) is 0 Å². The Bertz CT molecular complexity index is 733. The maximum absolute atomic E-state index is 12.8. The molecule has 1 aromatic carbocycles. The zero-order chi connectivity index (χ0) is 17.2. The molecule has 2 saturated heterocycles. The molecule has 132 valence electrons. The van der Waals surface area contributed by atoms with Crippen LogP contribution in [0.2, 0.25) is 0 Å². The summed E-state index contributed by atoms with van der Waals surface area (Å²) in [7, 11) is 0. The fourth-order valence-corrected chi connectivity index (χ4v) is 3.81. The number of carbonyl (C=O) groups excluding carboxylic acids is 1. The molecule has 2 aromatic rings. The standard InChI is InChI=1S/C18H23N5O2/c24-17-5-7-21(11-17)16-4-6-22(10-16)18(25)15-3-1-2-14(8-15)9-23-13-19-12-20-23/h1-3,8,12-13,16-17,24H,4-7,9-11H2. The van der Waals surface area contributed by atoms with Crippen molar-refractivity contribution >= 4 is 5.91 Å². The molecule has 2 aliphatic rings. The summed E-state index contributed by atoms with van der Waals surface area (Å²) in [5.41, 5.74) is 1.76. The number of hydrogen-bond donors (Lipinski definition) is 1. The zero-order valence-corrected chi connectivity index (χ0v) is 14.2. The van der Waals surface area contributed by atoms with Crippen LogP contribution in [0.25, 0.3) is 0 Å². The minimum Gasteiger partial charge on any atom is -0.392 e. The van der Waals surface area contributed by atoms with Crippen LogP contribution in [0, 0.1) is 0 Å². The van der Waals surface area contributed by atoms with Crippen LogP contribution >= 0.6 is 0 Å². The first-order chi connectivity index (χ1) is 12.2. The monoisotopic (exact) mass is 341 g/mol. The number of nitrogens with zero attached hydrogens (tertiary/aromatic N) is 5. The summed E-state index contributed by atoms with van der Waals surface area (Å²) in [6, 6.07) is 8.11. The summed E-state index contributed by atoms with van der Waals surface area (Å²) >= 11 is 0. The lowest BCUT2D eigenvalue weighted by Crippen LogP contribution is -2.38. The van der Waals surface area contributed by atoms with E-state index in [2.05, 4.69) is 15.0 Å². The third-order valence-corrected chi connectivity index (χ3v) is 5.15. The van der Waals surface area contributed by atoms with Crippen LogP contribution in [0.1, 0.15) is 28.8 Å². The average molecular weight is 341 g/mol. The van der Waals surface area contributed by atoms with E-state index in [4.69, 9.17) is 0 Å². The second-order valence-electron chi connectivity index (χ2n) is 6.92. The number of hydrogen-bond acceptors (Lipinski definition) is 5. The summed E-state index contributed by atoms with van der Waals surface area (Å²) in [6.07, 6.45) is 4.79. The molecule has 1 aromatic heterocycles. The molecule has 1 N–H and O–H groups in total. The Morgan fingerprint density at radius 3 is 2.92 bits per heavy atom. The van der Waals surface area contributed by atoms with Gasteiger partial charge in [-0.25, -0.2) is 9.67 Å². The van der Waals surface area contributed by atoms with Crippen LogP contribution in [-0.2, 0) is 6.54 Å². The van der Waals surface area contributed by atoms with Crippen molar-refractivity contribution in [3.63, 3.8) is 0 Å². The molecule has 4 rings (SSSR count). The first-order valence-corrected chi connectivity index (χ1v) is 8.82. The highest BCUT2D eigenvalue weighted by Crippen LogP contribution is 2.22. The topological polar surface area (TPSA) is 74.5 Å². The summed E-state index contributed by atoms with van der Waals surface area (Å²) in [4.78, 5) is 21.0. The van der Waals surface area contributed by atoms with E-state index in [1.165, 1.54) is 6.33 Å². The van der Waals surface area contributed by atoms with E-state index in [1.54, 1.807) is 11.0 Å². The molecule has 0 saturated carbocycles. The lowest BCUT2D eigenvalue weighted by molar-refractivity contribution is 0.0778. The number of carbonyl (C=O) groups is 1. The maximum Gasteiger partial charge on any atom is 0.253 e. The molecular formula is C18H23N5O2. The van der Waals surface area contributed by atoms with E-state index < -0.39 is 0 Å². The third kappa shape index (κ3) is 3.57. The Labute approximate surface area is 146 Å². The summed E-state index contributed by atoms with van der Waals surface area (Å²) < 4.78 is 1.74. The molecule has 2 atom stereocenters. The van der Waals surface area contributed by atoms with E-state index in [-0.39, 0.29) is 12.0 Å². The van der Waals surface area contributed by atoms with Gasteiger partial charge in [-0.3, -0.25) is 9.69 Å². The zero-order valence-electron chi connectivity index (χ0n) is 14.2. The first kappa shape index (κ1) is 16.2. The fraction of sp³-hybridized carbons (Fsp3) is 0.500. The van der Waals surface area contributed by atoms with Gasteiger partial charge in [0, 0.05) is 37.8 Å². The molecule has 0 spiro atoms. The van der Waals surface area contributed by atoms with Crippen LogP contribution in [0.4, 0.5) is 0 Å². The minimum atomic E-state index is -0.210. The molecule has 0 radical (unpaired) electrons. The Hall–Kier alpha value is -2.25. The number of aliphatic hydroxyl groups excluding tert-OH is 1. The normalized spacial score (nSPS) is 24.1. The smallest absolute Gasteiger partial charge is 0.253 e. The van der Waals surface area contributed by atoms with Gasteiger partial charge in [-0.2, -0.15) is 5.10 Å². The van der Waals surface area contributed by atoms with Gasteiger partial charge in [-0.1, -0.05) is 12.1 Å². The molecule has 1 amide bonds. The second kappa shape index (κ2) is 6.93. The molecule has 2 unspecified atom stereocenters. The molecule has 0 aliphatic carbocycles. The van der Waals surface area contributed by atoms with Gasteiger partial charge in [-0.05, 0) is 30.5 Å². The fourth-order valence-electron chi connectivity index (χ4n) is 3.81. The predicted octanol–water partition coefficient (Wildman–Crippen LogP) is 0.607. The lowest BCUT2D eigenvalue weighted by Gasteiger charge is -2.24. The molecule has 7 nitrogen and oxygen atoms in total. The number of β-amino-alcohol motifs (C(OH)–C–C–N with tert-alkyl or cyclic N) is 1. The van der Waals surface area contributed by atoms with Crippen LogP contribution in [-0.4, -0.2) is 73.9 Å². The quantitative estimate of drug-likeness (QED) is 0.882. The Morgan fingerprint density at radius 2 is 2.16 bits per heavy atom. The minimum absolute atomic E-state index is 0.0858. The van der Waals surface area contributed by atoms with Crippen molar-refractivity contribution in [1.82, 2.24) is 24.6 Å². The SMILES string of the molecule is O=C(c1cccc(Cn2cncn2)c1)N1CCC(N2CCC(O)C2)C1. The van der Waals surface area contributed by atoms with Crippen molar-refractivity contribution in [2.75, 3.05) is 26.2 Å². The molecular weight excluding hydrogens is 318 g/mol. The molecule has 2 fully saturated rings. The van der Waals surface area contributed by atoms with Gasteiger partial charge in [0.05, 0.1) is 12.6 Å². The van der Waals surface area contributed by atoms with Gasteiger partial charge >= 0.3 is 0 Å². The van der Waals surface area contributed by atoms with Gasteiger partial charge < -0.3 is 10.0 Å². The van der Waals surface area contributed by atoms with Crippen molar-refractivity contribution in [3.05, 3.63) is 48.0 Å². The van der Waals surface area contributed by atoms with E-state index >= 15 is 0 Å². The number of likely N-dealkylation sites (tertiary alicyclic amines) is 2. The Morgan fingerprint density at radius 1 is 1.24 bits per heavy atom. The van der Waals surface area contributed by atoms with Gasteiger partial charge in [0.15, 0.2) is 0 Å². The second-order valence-corrected chi connectivity index (χ2v) is 6.92. The van der Waals surface area contributed by atoms with Gasteiger partial charge in [0.1, 0.15) is 12.7 Å². The molecule has 25 heavy (non-hydrogen) atoms. The van der Waals surface area contributed by atoms with Crippen molar-refractivity contribution < 1.29 is 9.90 Å². The van der Waals surface area contributed by atoms with E-state index in [0.717, 1.165) is 50.1 Å². The highest BCUT2D eigenvalue weighted by Gasteiger charge is 2.34. The molecule has 7 heteroatoms. The predicted molar refractivity (Wildman–Crippen MR) is 92.1 cm³/mol. The van der Waals surface area contributed by atoms with Crippen LogP contribution in [0.5, 0.6) is 0 Å². The largest absolute Gasteiger partial charge is 0.392 e. The number of aromatic nitrogens is 3. The van der Waals surface area contributed by atoms with E-state index in [9.17, 15) is 9.90 Å². The van der Waals surface area contributed by atoms with Crippen molar-refractivity contribution in [3.8, 4) is 0 Å². The number of benzene rings is 1. The molecule has 0 bridgehead atoms. The number of aliphatic hydroxyl groups is 1. The summed E-state index contributed by atoms with van der Waals surface area (Å²) in [6.45, 7) is 3.80. The number of rotatable bonds is 4. The highest BCUT2D eigenvalue weighted by atomic mass is 16.3. The average Bonchev–Trinajstić information content (AvgIpc) is 3.35. The first-order valence-electron chi connectivity index (χ1n) is 8.82. The lowest BCUT2D eigenvalue weighted by atomic mass is 10.1.